The zero-order valence-electron chi connectivity index (χ0n) is 8.89. The number of ether oxygens (including phenoxy) is 1. The Morgan fingerprint density at radius 2 is 1.93 bits per heavy atom. The van der Waals surface area contributed by atoms with Gasteiger partial charge in [-0.3, -0.25) is 0 Å². The van der Waals surface area contributed by atoms with Crippen molar-refractivity contribution < 1.29 is 4.74 Å². The third kappa shape index (κ3) is 2.62. The van der Waals surface area contributed by atoms with Gasteiger partial charge in [-0.15, -0.1) is 0 Å². The normalized spacial score (nSPS) is 10.2. The summed E-state index contributed by atoms with van der Waals surface area (Å²) >= 11 is 0. The van der Waals surface area contributed by atoms with Gasteiger partial charge in [-0.2, -0.15) is 0 Å². The van der Waals surface area contributed by atoms with E-state index in [2.05, 4.69) is 28.8 Å². The molecule has 1 aromatic carbocycles. The van der Waals surface area contributed by atoms with Crippen LogP contribution in [0.2, 0.25) is 0 Å². The van der Waals surface area contributed by atoms with E-state index in [1.807, 2.05) is 31.5 Å². The number of hydrogen-bond acceptors (Lipinski definition) is 1. The number of hydrogen-bond donors (Lipinski definition) is 0. The molecule has 1 aromatic heterocycles. The Balaban J connectivity index is 2.05. The molecule has 0 bridgehead atoms. The van der Waals surface area contributed by atoms with Gasteiger partial charge in [-0.05, 0) is 18.6 Å². The quantitative estimate of drug-likeness (QED) is 0.741. The molecule has 0 aliphatic rings. The van der Waals surface area contributed by atoms with Crippen LogP contribution in [0.5, 0.6) is 5.75 Å². The fourth-order valence-corrected chi connectivity index (χ4v) is 1.56. The van der Waals surface area contributed by atoms with Crippen LogP contribution < -0.4 is 4.74 Å². The maximum atomic E-state index is 5.40. The van der Waals surface area contributed by atoms with E-state index in [0.717, 1.165) is 18.9 Å². The Hall–Kier alpha value is -1.70. The predicted molar refractivity (Wildman–Crippen MR) is 61.1 cm³/mol. The minimum absolute atomic E-state index is 0.718. The van der Waals surface area contributed by atoms with Crippen LogP contribution in [0.1, 0.15) is 12.5 Å². The summed E-state index contributed by atoms with van der Waals surface area (Å²) in [6.45, 7) is 3.61. The Morgan fingerprint density at radius 1 is 1.13 bits per heavy atom. The van der Waals surface area contributed by atoms with E-state index in [1.165, 1.54) is 5.56 Å². The topological polar surface area (TPSA) is 14.2 Å². The van der Waals surface area contributed by atoms with Gasteiger partial charge in [-0.25, -0.2) is 0 Å². The summed E-state index contributed by atoms with van der Waals surface area (Å²) < 4.78 is 7.53. The van der Waals surface area contributed by atoms with Crippen molar-refractivity contribution in [2.24, 2.45) is 0 Å². The molecule has 2 aromatic rings. The van der Waals surface area contributed by atoms with Gasteiger partial charge in [0, 0.05) is 18.9 Å². The fourth-order valence-electron chi connectivity index (χ4n) is 1.56. The molecule has 0 N–H and O–H groups in total. The summed E-state index contributed by atoms with van der Waals surface area (Å²) in [6.07, 6.45) is 4.06. The third-order valence-corrected chi connectivity index (χ3v) is 2.24. The molecule has 0 unspecified atom stereocenters. The molecule has 0 fully saturated rings. The van der Waals surface area contributed by atoms with Gasteiger partial charge in [0.2, 0.25) is 0 Å². The molecule has 0 aliphatic carbocycles. The predicted octanol–water partition coefficient (Wildman–Crippen LogP) is 2.94. The lowest BCUT2D eigenvalue weighted by Crippen LogP contribution is -1.95. The summed E-state index contributed by atoms with van der Waals surface area (Å²) in [6, 6.07) is 12.4. The zero-order valence-corrected chi connectivity index (χ0v) is 8.89. The molecular formula is C13H15NO. The lowest BCUT2D eigenvalue weighted by Gasteiger charge is -2.02. The van der Waals surface area contributed by atoms with Crippen LogP contribution in [0.3, 0.4) is 0 Å². The van der Waals surface area contributed by atoms with Gasteiger partial charge >= 0.3 is 0 Å². The molecule has 2 rings (SSSR count). The highest BCUT2D eigenvalue weighted by Crippen LogP contribution is 2.12. The Morgan fingerprint density at radius 3 is 2.67 bits per heavy atom. The highest BCUT2D eigenvalue weighted by atomic mass is 16.5. The van der Waals surface area contributed by atoms with Gasteiger partial charge < -0.3 is 9.30 Å². The molecule has 0 amide bonds. The van der Waals surface area contributed by atoms with Crippen LogP contribution in [-0.2, 0) is 6.54 Å². The number of aromatic nitrogens is 1. The molecular weight excluding hydrogens is 186 g/mol. The molecule has 0 saturated heterocycles. The van der Waals surface area contributed by atoms with Gasteiger partial charge in [0.15, 0.2) is 0 Å². The van der Waals surface area contributed by atoms with Gasteiger partial charge in [0.1, 0.15) is 5.75 Å². The molecule has 0 aliphatic heterocycles. The molecule has 0 atom stereocenters. The smallest absolute Gasteiger partial charge is 0.136 e. The SMILES string of the molecule is CCOc1ccn(Cc2ccccc2)c1. The van der Waals surface area contributed by atoms with E-state index in [4.69, 9.17) is 4.74 Å². The largest absolute Gasteiger partial charge is 0.492 e. The molecule has 2 nitrogen and oxygen atoms in total. The Kier molecular flexibility index (Phi) is 3.08. The van der Waals surface area contributed by atoms with E-state index >= 15 is 0 Å². The van der Waals surface area contributed by atoms with Crippen molar-refractivity contribution in [3.8, 4) is 5.75 Å². The first kappa shape index (κ1) is 9.84. The minimum Gasteiger partial charge on any atom is -0.492 e. The van der Waals surface area contributed by atoms with Crippen LogP contribution in [0.4, 0.5) is 0 Å². The van der Waals surface area contributed by atoms with Crippen LogP contribution in [0.25, 0.3) is 0 Å². The van der Waals surface area contributed by atoms with Crippen molar-refractivity contribution in [1.29, 1.82) is 0 Å². The molecule has 0 radical (unpaired) electrons. The lowest BCUT2D eigenvalue weighted by atomic mass is 10.2. The summed E-state index contributed by atoms with van der Waals surface area (Å²) in [5.74, 6) is 0.938. The summed E-state index contributed by atoms with van der Waals surface area (Å²) in [4.78, 5) is 0. The van der Waals surface area contributed by atoms with Gasteiger partial charge in [-0.1, -0.05) is 30.3 Å². The number of benzene rings is 1. The first-order chi connectivity index (χ1) is 7.38. The van der Waals surface area contributed by atoms with E-state index in [9.17, 15) is 0 Å². The average Bonchev–Trinajstić information content (AvgIpc) is 2.68. The highest BCUT2D eigenvalue weighted by Gasteiger charge is 1.97. The van der Waals surface area contributed by atoms with Crippen molar-refractivity contribution in [2.75, 3.05) is 6.61 Å². The van der Waals surface area contributed by atoms with E-state index in [-0.39, 0.29) is 0 Å². The molecule has 15 heavy (non-hydrogen) atoms. The van der Waals surface area contributed by atoms with Gasteiger partial charge in [0.25, 0.3) is 0 Å². The van der Waals surface area contributed by atoms with Crippen molar-refractivity contribution in [3.05, 3.63) is 54.4 Å². The van der Waals surface area contributed by atoms with Gasteiger partial charge in [0.05, 0.1) is 6.61 Å². The lowest BCUT2D eigenvalue weighted by molar-refractivity contribution is 0.340. The summed E-state index contributed by atoms with van der Waals surface area (Å²) in [5, 5.41) is 0. The van der Waals surface area contributed by atoms with E-state index in [1.54, 1.807) is 0 Å². The minimum atomic E-state index is 0.718. The van der Waals surface area contributed by atoms with Crippen LogP contribution in [0, 0.1) is 0 Å². The van der Waals surface area contributed by atoms with Crippen LogP contribution in [-0.4, -0.2) is 11.2 Å². The Bertz CT molecular complexity index is 405. The molecule has 78 valence electrons. The van der Waals surface area contributed by atoms with Crippen molar-refractivity contribution in [3.63, 3.8) is 0 Å². The highest BCUT2D eigenvalue weighted by molar-refractivity contribution is 5.20. The first-order valence-electron chi connectivity index (χ1n) is 5.21. The second kappa shape index (κ2) is 4.69. The number of rotatable bonds is 4. The summed E-state index contributed by atoms with van der Waals surface area (Å²) in [5.41, 5.74) is 1.30. The van der Waals surface area contributed by atoms with Crippen molar-refractivity contribution in [1.82, 2.24) is 4.57 Å². The molecule has 0 spiro atoms. The van der Waals surface area contributed by atoms with Crippen molar-refractivity contribution in [2.45, 2.75) is 13.5 Å². The van der Waals surface area contributed by atoms with E-state index < -0.39 is 0 Å². The first-order valence-corrected chi connectivity index (χ1v) is 5.21. The molecule has 0 saturated carbocycles. The van der Waals surface area contributed by atoms with E-state index in [0.29, 0.717) is 0 Å². The third-order valence-electron chi connectivity index (χ3n) is 2.24. The fraction of sp³-hybridized carbons (Fsp3) is 0.231. The standard InChI is InChI=1S/C13H15NO/c1-2-15-13-8-9-14(11-13)10-12-6-4-3-5-7-12/h3-9,11H,2,10H2,1H3. The second-order valence-corrected chi connectivity index (χ2v) is 3.44. The summed E-state index contributed by atoms with van der Waals surface area (Å²) in [7, 11) is 0. The monoisotopic (exact) mass is 201 g/mol. The molecule has 1 heterocycles. The number of nitrogens with zero attached hydrogens (tertiary/aromatic N) is 1. The maximum Gasteiger partial charge on any atom is 0.136 e. The van der Waals surface area contributed by atoms with Crippen LogP contribution >= 0.6 is 0 Å². The molecule has 2 heteroatoms. The van der Waals surface area contributed by atoms with Crippen LogP contribution in [0.15, 0.2) is 48.8 Å². The second-order valence-electron chi connectivity index (χ2n) is 3.44. The van der Waals surface area contributed by atoms with Crippen molar-refractivity contribution >= 4 is 0 Å². The average molecular weight is 201 g/mol. The zero-order chi connectivity index (χ0) is 10.5. The maximum absolute atomic E-state index is 5.40. The Labute approximate surface area is 90.1 Å².